The van der Waals surface area contributed by atoms with Gasteiger partial charge in [0, 0.05) is 0 Å². The molecule has 0 radical (unpaired) electrons. The maximum atomic E-state index is 9.87. The first-order valence-corrected chi connectivity index (χ1v) is 3.29. The van der Waals surface area contributed by atoms with Crippen molar-refractivity contribution in [2.24, 2.45) is 0 Å². The highest BCUT2D eigenvalue weighted by Gasteiger charge is 2.23. The minimum Gasteiger partial charge on any atom is -0.304 e. The van der Waals surface area contributed by atoms with Crippen molar-refractivity contribution in [2.45, 2.75) is 10.6 Å². The summed E-state index contributed by atoms with van der Waals surface area (Å²) in [6, 6.07) is 0. The zero-order valence-corrected chi connectivity index (χ0v) is 5.85. The molecule has 0 saturated carbocycles. The Kier molecular flexibility index (Phi) is 2.53. The Labute approximate surface area is 54.1 Å². The van der Waals surface area contributed by atoms with E-state index in [-0.39, 0.29) is 0 Å². The zero-order chi connectivity index (χ0) is 6.08. The van der Waals surface area contributed by atoms with Gasteiger partial charge in [0.15, 0.2) is 11.1 Å². The van der Waals surface area contributed by atoms with Gasteiger partial charge in [-0.05, 0) is 6.92 Å². The summed E-state index contributed by atoms with van der Waals surface area (Å²) in [4.78, 5) is 0. The fourth-order valence-corrected chi connectivity index (χ4v) is 0. The molecule has 0 aromatic heterocycles. The van der Waals surface area contributed by atoms with Crippen molar-refractivity contribution in [1.29, 1.82) is 0 Å². The van der Waals surface area contributed by atoms with Crippen molar-refractivity contribution in [1.82, 2.24) is 0 Å². The maximum Gasteiger partial charge on any atom is 0.214 e. The lowest BCUT2D eigenvalue weighted by Crippen LogP contribution is -2.12. The van der Waals surface area contributed by atoms with Crippen LogP contribution in [0.2, 0.25) is 0 Å². The molecular weight excluding hydrogens is 159 g/mol. The molecule has 7 heavy (non-hydrogen) atoms. The molecule has 0 amide bonds. The molecule has 0 spiro atoms. The van der Waals surface area contributed by atoms with Crippen molar-refractivity contribution in [3.8, 4) is 0 Å². The second kappa shape index (κ2) is 2.31. The molecule has 0 fully saturated rings. The van der Waals surface area contributed by atoms with E-state index in [4.69, 9.17) is 27.8 Å². The van der Waals surface area contributed by atoms with Crippen LogP contribution < -0.4 is 0 Å². The van der Waals surface area contributed by atoms with Gasteiger partial charge in [-0.2, -0.15) is 0 Å². The van der Waals surface area contributed by atoms with Crippen LogP contribution in [-0.4, -0.2) is 12.4 Å². The molecule has 0 rings (SSSR count). The fourth-order valence-electron chi connectivity index (χ4n) is 0. The number of rotatable bonds is 1. The second-order valence-electron chi connectivity index (χ2n) is 1.06. The summed E-state index contributed by atoms with van der Waals surface area (Å²) in [5.74, 6) is 0. The van der Waals surface area contributed by atoms with Crippen molar-refractivity contribution in [3.05, 3.63) is 0 Å². The molecule has 0 aromatic rings. The molecular formula is C2H4Cl2O2S. The Hall–Kier alpha value is 0.690. The van der Waals surface area contributed by atoms with E-state index in [2.05, 4.69) is 0 Å². The molecule has 1 unspecified atom stereocenters. The van der Waals surface area contributed by atoms with E-state index in [1.54, 1.807) is 0 Å². The van der Waals surface area contributed by atoms with Crippen molar-refractivity contribution >= 4 is 34.3 Å². The van der Waals surface area contributed by atoms with E-state index in [1.807, 2.05) is 0 Å². The highest BCUT2D eigenvalue weighted by molar-refractivity contribution is 7.84. The molecule has 44 valence electrons. The average Bonchev–Trinajstić information content (AvgIpc) is 1.31. The van der Waals surface area contributed by atoms with Gasteiger partial charge in [0.2, 0.25) is 3.67 Å². The number of hydrogen-bond donors (Lipinski definition) is 1. The summed E-state index contributed by atoms with van der Waals surface area (Å²) < 4.78 is 16.4. The topological polar surface area (TPSA) is 37.3 Å². The Morgan fingerprint density at radius 2 is 1.86 bits per heavy atom. The molecule has 0 aliphatic carbocycles. The van der Waals surface area contributed by atoms with Crippen LogP contribution in [-0.2, 0) is 11.1 Å². The van der Waals surface area contributed by atoms with Crippen molar-refractivity contribution in [2.75, 3.05) is 0 Å². The third kappa shape index (κ3) is 3.29. The van der Waals surface area contributed by atoms with E-state index in [0.29, 0.717) is 0 Å². The van der Waals surface area contributed by atoms with E-state index in [9.17, 15) is 4.21 Å². The van der Waals surface area contributed by atoms with Gasteiger partial charge < -0.3 is 4.55 Å². The minimum atomic E-state index is -2.15. The lowest BCUT2D eigenvalue weighted by molar-refractivity contribution is 0.558. The largest absolute Gasteiger partial charge is 0.304 e. The highest BCUT2D eigenvalue weighted by Crippen LogP contribution is 2.21. The number of halogens is 2. The standard InChI is InChI=1S/C2H4Cl2O2S/c1-2(3,4)7(5)6/h1H3,(H,5,6). The van der Waals surface area contributed by atoms with Gasteiger partial charge in [0.1, 0.15) is 0 Å². The number of hydrogen-bond acceptors (Lipinski definition) is 1. The minimum absolute atomic E-state index is 1.24. The maximum absolute atomic E-state index is 9.87. The van der Waals surface area contributed by atoms with Crippen LogP contribution in [0.3, 0.4) is 0 Å². The summed E-state index contributed by atoms with van der Waals surface area (Å²) in [7, 11) is 0. The third-order valence-electron chi connectivity index (χ3n) is 0.307. The van der Waals surface area contributed by atoms with Crippen molar-refractivity contribution in [3.63, 3.8) is 0 Å². The normalized spacial score (nSPS) is 16.6. The molecule has 0 aromatic carbocycles. The van der Waals surface area contributed by atoms with Crippen LogP contribution in [0.5, 0.6) is 0 Å². The van der Waals surface area contributed by atoms with Crippen LogP contribution in [0, 0.1) is 0 Å². The summed E-state index contributed by atoms with van der Waals surface area (Å²) in [5.41, 5.74) is 0. The third-order valence-corrected chi connectivity index (χ3v) is 1.71. The molecule has 1 N–H and O–H groups in total. The van der Waals surface area contributed by atoms with Crippen LogP contribution in [0.1, 0.15) is 6.92 Å². The summed E-state index contributed by atoms with van der Waals surface area (Å²) in [6.07, 6.45) is 0. The molecule has 0 bridgehead atoms. The lowest BCUT2D eigenvalue weighted by atomic mass is 10.9. The molecule has 1 atom stereocenters. The van der Waals surface area contributed by atoms with Gasteiger partial charge in [-0.25, -0.2) is 4.21 Å². The highest BCUT2D eigenvalue weighted by atomic mass is 35.5. The molecule has 0 aliphatic rings. The Morgan fingerprint density at radius 1 is 1.71 bits per heavy atom. The van der Waals surface area contributed by atoms with Crippen LogP contribution in [0.25, 0.3) is 0 Å². The SMILES string of the molecule is CC(Cl)(Cl)S(=O)O. The smallest absolute Gasteiger partial charge is 0.214 e. The Balaban J connectivity index is 3.79. The van der Waals surface area contributed by atoms with Gasteiger partial charge in [0.05, 0.1) is 0 Å². The average molecular weight is 163 g/mol. The Morgan fingerprint density at radius 3 is 1.86 bits per heavy atom. The second-order valence-corrected chi connectivity index (χ2v) is 4.53. The first-order valence-electron chi connectivity index (χ1n) is 1.43. The molecule has 0 saturated heterocycles. The van der Waals surface area contributed by atoms with Crippen LogP contribution in [0.15, 0.2) is 0 Å². The monoisotopic (exact) mass is 162 g/mol. The van der Waals surface area contributed by atoms with Gasteiger partial charge in [-0.1, -0.05) is 23.2 Å². The number of alkyl halides is 2. The molecule has 0 heterocycles. The predicted octanol–water partition coefficient (Wildman–Crippen LogP) is 1.36. The molecule has 2 nitrogen and oxygen atoms in total. The lowest BCUT2D eigenvalue weighted by Gasteiger charge is -2.03. The fraction of sp³-hybridized carbons (Fsp3) is 1.00. The molecule has 0 aliphatic heterocycles. The van der Waals surface area contributed by atoms with Crippen molar-refractivity contribution < 1.29 is 8.76 Å². The van der Waals surface area contributed by atoms with E-state index in [1.165, 1.54) is 6.92 Å². The van der Waals surface area contributed by atoms with Gasteiger partial charge in [-0.3, -0.25) is 0 Å². The quantitative estimate of drug-likeness (QED) is 0.468. The zero-order valence-electron chi connectivity index (χ0n) is 3.52. The van der Waals surface area contributed by atoms with Gasteiger partial charge in [0.25, 0.3) is 0 Å². The van der Waals surface area contributed by atoms with Gasteiger partial charge >= 0.3 is 0 Å². The Bertz CT molecular complexity index is 86.2. The van der Waals surface area contributed by atoms with Crippen LogP contribution >= 0.6 is 23.2 Å². The van der Waals surface area contributed by atoms with E-state index in [0.717, 1.165) is 0 Å². The summed E-state index contributed by atoms with van der Waals surface area (Å²) in [6.45, 7) is 1.24. The van der Waals surface area contributed by atoms with Crippen LogP contribution in [0.4, 0.5) is 0 Å². The predicted molar refractivity (Wildman–Crippen MR) is 30.9 cm³/mol. The summed E-state index contributed by atoms with van der Waals surface area (Å²) >= 11 is 8.01. The summed E-state index contributed by atoms with van der Waals surface area (Å²) in [5, 5.41) is 0. The first-order chi connectivity index (χ1) is 2.94. The van der Waals surface area contributed by atoms with E-state index >= 15 is 0 Å². The molecule has 5 heteroatoms. The van der Waals surface area contributed by atoms with Gasteiger partial charge in [-0.15, -0.1) is 0 Å². The first kappa shape index (κ1) is 7.69. The van der Waals surface area contributed by atoms with E-state index < -0.39 is 14.7 Å².